The Bertz CT molecular complexity index is 440. The Morgan fingerprint density at radius 1 is 1.29 bits per heavy atom. The molecule has 2 saturated heterocycles. The SMILES string of the molecule is O=C(CN1CCCC(N2CCCC2)C1)NCc1ccco1. The van der Waals surface area contributed by atoms with E-state index in [9.17, 15) is 4.79 Å². The zero-order valence-electron chi connectivity index (χ0n) is 12.6. The summed E-state index contributed by atoms with van der Waals surface area (Å²) in [6, 6.07) is 4.37. The van der Waals surface area contributed by atoms with Gasteiger partial charge in [-0.1, -0.05) is 0 Å². The number of furan rings is 1. The summed E-state index contributed by atoms with van der Waals surface area (Å²) in [6.07, 6.45) is 6.78. The highest BCUT2D eigenvalue weighted by Gasteiger charge is 2.27. The molecule has 21 heavy (non-hydrogen) atoms. The lowest BCUT2D eigenvalue weighted by molar-refractivity contribution is -0.123. The van der Waals surface area contributed by atoms with Gasteiger partial charge < -0.3 is 9.73 Å². The standard InChI is InChI=1S/C16H25N3O2/c20-16(17-11-15-6-4-10-21-15)13-18-7-3-5-14(12-18)19-8-1-2-9-19/h4,6,10,14H,1-3,5,7-9,11-13H2,(H,17,20). The van der Waals surface area contributed by atoms with Crippen LogP contribution in [0.5, 0.6) is 0 Å². The van der Waals surface area contributed by atoms with E-state index in [4.69, 9.17) is 4.42 Å². The van der Waals surface area contributed by atoms with Gasteiger partial charge in [-0.05, 0) is 57.5 Å². The number of nitrogens with one attached hydrogen (secondary N) is 1. The van der Waals surface area contributed by atoms with Crippen LogP contribution in [0.15, 0.2) is 22.8 Å². The molecule has 1 aromatic heterocycles. The minimum absolute atomic E-state index is 0.0912. The van der Waals surface area contributed by atoms with Crippen molar-refractivity contribution in [3.8, 4) is 0 Å². The zero-order valence-corrected chi connectivity index (χ0v) is 12.6. The smallest absolute Gasteiger partial charge is 0.234 e. The van der Waals surface area contributed by atoms with Crippen molar-refractivity contribution in [2.24, 2.45) is 0 Å². The van der Waals surface area contributed by atoms with E-state index in [1.165, 1.54) is 38.8 Å². The van der Waals surface area contributed by atoms with Crippen LogP contribution in [0.25, 0.3) is 0 Å². The Balaban J connectivity index is 1.42. The number of hydrogen-bond donors (Lipinski definition) is 1. The van der Waals surface area contributed by atoms with Crippen molar-refractivity contribution >= 4 is 5.91 Å². The van der Waals surface area contributed by atoms with Crippen LogP contribution in [0, 0.1) is 0 Å². The molecule has 1 N–H and O–H groups in total. The van der Waals surface area contributed by atoms with Gasteiger partial charge >= 0.3 is 0 Å². The van der Waals surface area contributed by atoms with Crippen LogP contribution in [0.2, 0.25) is 0 Å². The van der Waals surface area contributed by atoms with Crippen molar-refractivity contribution in [1.82, 2.24) is 15.1 Å². The molecule has 1 unspecified atom stereocenters. The topological polar surface area (TPSA) is 48.7 Å². The van der Waals surface area contributed by atoms with Crippen LogP contribution >= 0.6 is 0 Å². The van der Waals surface area contributed by atoms with Crippen molar-refractivity contribution in [3.05, 3.63) is 24.2 Å². The number of piperidine rings is 1. The van der Waals surface area contributed by atoms with Gasteiger partial charge in [-0.25, -0.2) is 0 Å². The third-order valence-electron chi connectivity index (χ3n) is 4.54. The van der Waals surface area contributed by atoms with Crippen LogP contribution < -0.4 is 5.32 Å². The molecule has 0 saturated carbocycles. The molecule has 3 rings (SSSR count). The van der Waals surface area contributed by atoms with Crippen molar-refractivity contribution in [2.75, 3.05) is 32.7 Å². The fourth-order valence-corrected chi connectivity index (χ4v) is 3.44. The highest BCUT2D eigenvalue weighted by atomic mass is 16.3. The number of carbonyl (C=O) groups excluding carboxylic acids is 1. The van der Waals surface area contributed by atoms with E-state index < -0.39 is 0 Å². The average Bonchev–Trinajstić information content (AvgIpc) is 3.19. The average molecular weight is 291 g/mol. The molecule has 1 aromatic rings. The maximum Gasteiger partial charge on any atom is 0.234 e. The first kappa shape index (κ1) is 14.6. The van der Waals surface area contributed by atoms with Crippen molar-refractivity contribution in [1.29, 1.82) is 0 Å². The molecule has 0 spiro atoms. The maximum absolute atomic E-state index is 12.0. The first-order valence-electron chi connectivity index (χ1n) is 8.07. The van der Waals surface area contributed by atoms with E-state index >= 15 is 0 Å². The third-order valence-corrected chi connectivity index (χ3v) is 4.54. The van der Waals surface area contributed by atoms with Crippen LogP contribution in [-0.4, -0.2) is 54.5 Å². The van der Waals surface area contributed by atoms with Gasteiger partial charge in [-0.3, -0.25) is 14.6 Å². The van der Waals surface area contributed by atoms with Gasteiger partial charge in [0.15, 0.2) is 0 Å². The van der Waals surface area contributed by atoms with Crippen molar-refractivity contribution < 1.29 is 9.21 Å². The Morgan fingerprint density at radius 3 is 2.90 bits per heavy atom. The molecule has 0 aliphatic carbocycles. The third kappa shape index (κ3) is 4.08. The van der Waals surface area contributed by atoms with Crippen LogP contribution in [0.1, 0.15) is 31.4 Å². The van der Waals surface area contributed by atoms with E-state index in [0.29, 0.717) is 19.1 Å². The molecule has 1 amide bonds. The second kappa shape index (κ2) is 7.09. The highest BCUT2D eigenvalue weighted by Crippen LogP contribution is 2.20. The van der Waals surface area contributed by atoms with Gasteiger partial charge in [0.25, 0.3) is 0 Å². The lowest BCUT2D eigenvalue weighted by atomic mass is 10.0. The number of rotatable bonds is 5. The molecule has 5 heteroatoms. The molecule has 2 fully saturated rings. The Morgan fingerprint density at radius 2 is 2.14 bits per heavy atom. The zero-order chi connectivity index (χ0) is 14.5. The van der Waals surface area contributed by atoms with Gasteiger partial charge in [-0.2, -0.15) is 0 Å². The Hall–Kier alpha value is -1.33. The highest BCUT2D eigenvalue weighted by molar-refractivity contribution is 5.77. The lowest BCUT2D eigenvalue weighted by Crippen LogP contribution is -2.49. The normalized spacial score (nSPS) is 24.3. The summed E-state index contributed by atoms with van der Waals surface area (Å²) in [4.78, 5) is 16.9. The molecular weight excluding hydrogens is 266 g/mol. The fraction of sp³-hybridized carbons (Fsp3) is 0.688. The van der Waals surface area contributed by atoms with Gasteiger partial charge in [-0.15, -0.1) is 0 Å². The number of likely N-dealkylation sites (tertiary alicyclic amines) is 2. The summed E-state index contributed by atoms with van der Waals surface area (Å²) in [5, 5.41) is 2.93. The lowest BCUT2D eigenvalue weighted by Gasteiger charge is -2.37. The predicted octanol–water partition coefficient (Wildman–Crippen LogP) is 1.46. The van der Waals surface area contributed by atoms with E-state index in [0.717, 1.165) is 18.8 Å². The largest absolute Gasteiger partial charge is 0.467 e. The molecule has 0 radical (unpaired) electrons. The van der Waals surface area contributed by atoms with Crippen molar-refractivity contribution in [3.63, 3.8) is 0 Å². The molecule has 116 valence electrons. The molecule has 5 nitrogen and oxygen atoms in total. The quantitative estimate of drug-likeness (QED) is 0.892. The van der Waals surface area contributed by atoms with E-state index in [-0.39, 0.29) is 5.91 Å². The van der Waals surface area contributed by atoms with Crippen molar-refractivity contribution in [2.45, 2.75) is 38.3 Å². The predicted molar refractivity (Wildman–Crippen MR) is 80.8 cm³/mol. The minimum atomic E-state index is 0.0912. The van der Waals surface area contributed by atoms with Gasteiger partial charge in [0, 0.05) is 12.6 Å². The molecule has 1 atom stereocenters. The molecule has 2 aliphatic heterocycles. The number of carbonyl (C=O) groups is 1. The van der Waals surface area contributed by atoms with E-state index in [1.54, 1.807) is 6.26 Å². The van der Waals surface area contributed by atoms with Crippen LogP contribution in [0.3, 0.4) is 0 Å². The number of amides is 1. The first-order chi connectivity index (χ1) is 10.3. The summed E-state index contributed by atoms with van der Waals surface area (Å²) in [5.74, 6) is 0.894. The summed E-state index contributed by atoms with van der Waals surface area (Å²) < 4.78 is 5.22. The van der Waals surface area contributed by atoms with Crippen LogP contribution in [-0.2, 0) is 11.3 Å². The number of nitrogens with zero attached hydrogens (tertiary/aromatic N) is 2. The first-order valence-corrected chi connectivity index (χ1v) is 8.07. The summed E-state index contributed by atoms with van der Waals surface area (Å²) in [6.45, 7) is 5.54. The molecule has 0 aromatic carbocycles. The van der Waals surface area contributed by atoms with Gasteiger partial charge in [0.05, 0.1) is 19.4 Å². The van der Waals surface area contributed by atoms with E-state index in [2.05, 4.69) is 15.1 Å². The molecule has 2 aliphatic rings. The van der Waals surface area contributed by atoms with Crippen LogP contribution in [0.4, 0.5) is 0 Å². The second-order valence-electron chi connectivity index (χ2n) is 6.13. The molecule has 0 bridgehead atoms. The maximum atomic E-state index is 12.0. The second-order valence-corrected chi connectivity index (χ2v) is 6.13. The summed E-state index contributed by atoms with van der Waals surface area (Å²) >= 11 is 0. The molecule has 3 heterocycles. The monoisotopic (exact) mass is 291 g/mol. The number of hydrogen-bond acceptors (Lipinski definition) is 4. The van der Waals surface area contributed by atoms with Gasteiger partial charge in [0.1, 0.15) is 5.76 Å². The van der Waals surface area contributed by atoms with Gasteiger partial charge in [0.2, 0.25) is 5.91 Å². The minimum Gasteiger partial charge on any atom is -0.467 e. The molecular formula is C16H25N3O2. The Kier molecular flexibility index (Phi) is 4.93. The summed E-state index contributed by atoms with van der Waals surface area (Å²) in [5.41, 5.74) is 0. The summed E-state index contributed by atoms with van der Waals surface area (Å²) in [7, 11) is 0. The fourth-order valence-electron chi connectivity index (χ4n) is 3.44. The Labute approximate surface area is 126 Å². The van der Waals surface area contributed by atoms with E-state index in [1.807, 2.05) is 12.1 Å².